The number of rotatable bonds is 2. The molecule has 0 heterocycles. The third-order valence-electron chi connectivity index (χ3n) is 2.03. The number of carbonyl (C=O) groups is 1. The van der Waals surface area contributed by atoms with Gasteiger partial charge in [-0.1, -0.05) is 6.92 Å². The van der Waals surface area contributed by atoms with Crippen LogP contribution >= 0.6 is 0 Å². The minimum Gasteiger partial charge on any atom is -0.396 e. The maximum Gasteiger partial charge on any atom is 0.227 e. The van der Waals surface area contributed by atoms with Crippen molar-refractivity contribution in [3.8, 4) is 0 Å². The summed E-state index contributed by atoms with van der Waals surface area (Å²) in [5.41, 5.74) is -0.166. The average molecular weight is 173 g/mol. The highest BCUT2D eigenvalue weighted by Gasteiger charge is 2.25. The van der Waals surface area contributed by atoms with Crippen molar-refractivity contribution in [3.05, 3.63) is 0 Å². The van der Waals surface area contributed by atoms with Crippen molar-refractivity contribution < 1.29 is 9.90 Å². The van der Waals surface area contributed by atoms with E-state index in [-0.39, 0.29) is 24.0 Å². The van der Waals surface area contributed by atoms with E-state index in [0.29, 0.717) is 0 Å². The van der Waals surface area contributed by atoms with E-state index in [1.807, 2.05) is 20.8 Å². The summed E-state index contributed by atoms with van der Waals surface area (Å²) in [6, 6.07) is 0. The zero-order valence-corrected chi connectivity index (χ0v) is 8.59. The van der Waals surface area contributed by atoms with Crippen molar-refractivity contribution in [1.82, 2.24) is 4.90 Å². The van der Waals surface area contributed by atoms with E-state index in [0.717, 1.165) is 0 Å². The van der Waals surface area contributed by atoms with Gasteiger partial charge in [0.2, 0.25) is 5.91 Å². The van der Waals surface area contributed by atoms with E-state index >= 15 is 0 Å². The Morgan fingerprint density at radius 3 is 2.17 bits per heavy atom. The lowest BCUT2D eigenvalue weighted by molar-refractivity contribution is -0.139. The van der Waals surface area contributed by atoms with Crippen molar-refractivity contribution in [2.75, 3.05) is 13.7 Å². The van der Waals surface area contributed by atoms with Gasteiger partial charge in [0.25, 0.3) is 0 Å². The molecule has 0 saturated carbocycles. The third kappa shape index (κ3) is 2.81. The van der Waals surface area contributed by atoms with Gasteiger partial charge in [0.15, 0.2) is 0 Å². The normalized spacial score (nSPS) is 14.2. The standard InChI is InChI=1S/C9H19NO2/c1-7(6-11)8(12)10(5)9(2,3)4/h7,11H,6H2,1-5H3. The van der Waals surface area contributed by atoms with Gasteiger partial charge < -0.3 is 10.0 Å². The first kappa shape index (κ1) is 11.4. The predicted octanol–water partition coefficient (Wildman–Crippen LogP) is 0.872. The molecule has 0 radical (unpaired) electrons. The summed E-state index contributed by atoms with van der Waals surface area (Å²) < 4.78 is 0. The average Bonchev–Trinajstić information content (AvgIpc) is 1.98. The molecule has 1 N–H and O–H groups in total. The minimum atomic E-state index is -0.297. The van der Waals surface area contributed by atoms with Gasteiger partial charge in [0, 0.05) is 12.6 Å². The molecule has 0 fully saturated rings. The zero-order chi connectivity index (χ0) is 9.94. The maximum atomic E-state index is 11.5. The first-order chi connectivity index (χ1) is 5.30. The molecule has 0 spiro atoms. The van der Waals surface area contributed by atoms with Gasteiger partial charge >= 0.3 is 0 Å². The molecule has 12 heavy (non-hydrogen) atoms. The largest absolute Gasteiger partial charge is 0.396 e. The quantitative estimate of drug-likeness (QED) is 0.673. The molecule has 0 aliphatic heterocycles. The highest BCUT2D eigenvalue weighted by molar-refractivity contribution is 5.78. The molecule has 0 aromatic rings. The lowest BCUT2D eigenvalue weighted by Gasteiger charge is -2.33. The minimum absolute atomic E-state index is 0.00926. The van der Waals surface area contributed by atoms with Crippen LogP contribution in [0, 0.1) is 5.92 Å². The molecule has 3 nitrogen and oxygen atoms in total. The number of hydrogen-bond donors (Lipinski definition) is 1. The number of nitrogens with zero attached hydrogens (tertiary/aromatic N) is 1. The van der Waals surface area contributed by atoms with Crippen LogP contribution in [0.2, 0.25) is 0 Å². The number of aliphatic hydroxyl groups excluding tert-OH is 1. The Balaban J connectivity index is 4.30. The Labute approximate surface area is 74.4 Å². The van der Waals surface area contributed by atoms with Crippen LogP contribution in [0.1, 0.15) is 27.7 Å². The van der Waals surface area contributed by atoms with E-state index in [2.05, 4.69) is 0 Å². The van der Waals surface area contributed by atoms with E-state index in [9.17, 15) is 4.79 Å². The summed E-state index contributed by atoms with van der Waals surface area (Å²) in [5, 5.41) is 8.77. The molecule has 72 valence electrons. The van der Waals surface area contributed by atoms with Crippen LogP contribution in [-0.4, -0.2) is 35.1 Å². The fourth-order valence-electron chi connectivity index (χ4n) is 0.739. The van der Waals surface area contributed by atoms with Crippen LogP contribution in [0.4, 0.5) is 0 Å². The van der Waals surface area contributed by atoms with Crippen LogP contribution in [-0.2, 0) is 4.79 Å². The summed E-state index contributed by atoms with van der Waals surface area (Å²) in [6.45, 7) is 7.54. The molecule has 0 bridgehead atoms. The van der Waals surface area contributed by atoms with Crippen molar-refractivity contribution in [1.29, 1.82) is 0 Å². The highest BCUT2D eigenvalue weighted by Crippen LogP contribution is 2.13. The number of carbonyl (C=O) groups excluding carboxylic acids is 1. The topological polar surface area (TPSA) is 40.5 Å². The molecule has 0 aliphatic carbocycles. The smallest absolute Gasteiger partial charge is 0.227 e. The van der Waals surface area contributed by atoms with E-state index in [4.69, 9.17) is 5.11 Å². The lowest BCUT2D eigenvalue weighted by atomic mass is 10.0. The van der Waals surface area contributed by atoms with E-state index < -0.39 is 0 Å². The van der Waals surface area contributed by atoms with Gasteiger partial charge in [-0.2, -0.15) is 0 Å². The number of hydrogen-bond acceptors (Lipinski definition) is 2. The van der Waals surface area contributed by atoms with Crippen LogP contribution in [0.3, 0.4) is 0 Å². The monoisotopic (exact) mass is 173 g/mol. The van der Waals surface area contributed by atoms with Gasteiger partial charge in [-0.15, -0.1) is 0 Å². The highest BCUT2D eigenvalue weighted by atomic mass is 16.3. The fraction of sp³-hybridized carbons (Fsp3) is 0.889. The summed E-state index contributed by atoms with van der Waals surface area (Å²) >= 11 is 0. The Morgan fingerprint density at radius 2 is 1.92 bits per heavy atom. The Kier molecular flexibility index (Phi) is 3.71. The molecule has 0 rings (SSSR count). The summed E-state index contributed by atoms with van der Waals surface area (Å²) in [7, 11) is 1.76. The predicted molar refractivity (Wildman–Crippen MR) is 48.8 cm³/mol. The molecule has 1 amide bonds. The summed E-state index contributed by atoms with van der Waals surface area (Å²) in [4.78, 5) is 13.1. The summed E-state index contributed by atoms with van der Waals surface area (Å²) in [5.74, 6) is -0.306. The Morgan fingerprint density at radius 1 is 1.50 bits per heavy atom. The molecule has 0 aromatic carbocycles. The Hall–Kier alpha value is -0.570. The van der Waals surface area contributed by atoms with Gasteiger partial charge in [0.1, 0.15) is 0 Å². The molecule has 0 aromatic heterocycles. The van der Waals surface area contributed by atoms with Crippen LogP contribution in [0.5, 0.6) is 0 Å². The van der Waals surface area contributed by atoms with E-state index in [1.54, 1.807) is 18.9 Å². The van der Waals surface area contributed by atoms with Crippen molar-refractivity contribution in [2.45, 2.75) is 33.2 Å². The van der Waals surface area contributed by atoms with Crippen LogP contribution in [0.15, 0.2) is 0 Å². The molecular formula is C9H19NO2. The van der Waals surface area contributed by atoms with Gasteiger partial charge in [-0.25, -0.2) is 0 Å². The van der Waals surface area contributed by atoms with Crippen LogP contribution < -0.4 is 0 Å². The first-order valence-corrected chi connectivity index (χ1v) is 4.19. The molecule has 0 saturated heterocycles. The van der Waals surface area contributed by atoms with Crippen molar-refractivity contribution in [2.24, 2.45) is 5.92 Å². The molecule has 1 atom stereocenters. The Bertz CT molecular complexity index is 160. The second-order valence-corrected chi connectivity index (χ2v) is 4.15. The second kappa shape index (κ2) is 3.90. The van der Waals surface area contributed by atoms with Crippen LogP contribution in [0.25, 0.3) is 0 Å². The molecule has 1 unspecified atom stereocenters. The first-order valence-electron chi connectivity index (χ1n) is 4.19. The number of aliphatic hydroxyl groups is 1. The van der Waals surface area contributed by atoms with Gasteiger partial charge in [-0.05, 0) is 20.8 Å². The number of amides is 1. The second-order valence-electron chi connectivity index (χ2n) is 4.15. The maximum absolute atomic E-state index is 11.5. The van der Waals surface area contributed by atoms with Gasteiger partial charge in [0.05, 0.1) is 12.5 Å². The lowest BCUT2D eigenvalue weighted by Crippen LogP contribution is -2.45. The van der Waals surface area contributed by atoms with Crippen molar-refractivity contribution in [3.63, 3.8) is 0 Å². The van der Waals surface area contributed by atoms with Crippen molar-refractivity contribution >= 4 is 5.91 Å². The molecule has 0 aliphatic rings. The fourth-order valence-corrected chi connectivity index (χ4v) is 0.739. The zero-order valence-electron chi connectivity index (χ0n) is 8.59. The van der Waals surface area contributed by atoms with Gasteiger partial charge in [-0.3, -0.25) is 4.79 Å². The molecule has 3 heteroatoms. The summed E-state index contributed by atoms with van der Waals surface area (Å²) in [6.07, 6.45) is 0. The SMILES string of the molecule is CC(CO)C(=O)N(C)C(C)(C)C. The van der Waals surface area contributed by atoms with E-state index in [1.165, 1.54) is 0 Å². The third-order valence-corrected chi connectivity index (χ3v) is 2.03. The molecular weight excluding hydrogens is 154 g/mol.